The maximum Gasteiger partial charge on any atom is 0.266 e. The van der Waals surface area contributed by atoms with Crippen molar-refractivity contribution in [2.75, 3.05) is 18.5 Å². The summed E-state index contributed by atoms with van der Waals surface area (Å²) in [7, 11) is 3.99. The lowest BCUT2D eigenvalue weighted by molar-refractivity contribution is -0.157. The lowest BCUT2D eigenvalue weighted by Crippen LogP contribution is -2.69. The number of carbonyl (C=O) groups excluding carboxylic acids is 2. The van der Waals surface area contributed by atoms with Gasteiger partial charge >= 0.3 is 0 Å². The molecule has 2 fully saturated rings. The number of likely N-dealkylation sites (N-methyl/N-ethyl adjacent to an activating group) is 1. The maximum atomic E-state index is 15.4. The van der Waals surface area contributed by atoms with Gasteiger partial charge in [0.25, 0.3) is 21.8 Å². The quantitative estimate of drug-likeness (QED) is 0.115. The molecule has 0 N–H and O–H groups in total. The number of benzene rings is 5. The molecular weight excluding hydrogens is 813 g/mol. The number of sulfonamides is 1. The van der Waals surface area contributed by atoms with Gasteiger partial charge in [0.15, 0.2) is 10.2 Å². The first-order chi connectivity index (χ1) is 27.0. The van der Waals surface area contributed by atoms with Gasteiger partial charge in [0.2, 0.25) is 0 Å². The largest absolute Gasteiger partial charge is 0.497 e. The number of piperazine rings is 1. The van der Waals surface area contributed by atoms with E-state index in [1.807, 2.05) is 24.3 Å². The number of nitrogens with zero attached hydrogens (tertiary/aromatic N) is 3. The van der Waals surface area contributed by atoms with Gasteiger partial charge < -0.3 is 9.64 Å². The van der Waals surface area contributed by atoms with Crippen molar-refractivity contribution in [3.8, 4) is 5.75 Å². The Bertz CT molecular complexity index is 2380. The van der Waals surface area contributed by atoms with E-state index in [0.29, 0.717) is 28.5 Å². The number of ether oxygens (including phenoxy) is 1. The summed E-state index contributed by atoms with van der Waals surface area (Å²) < 4.78 is 64.5. The highest BCUT2D eigenvalue weighted by atomic mass is 33.1. The summed E-state index contributed by atoms with van der Waals surface area (Å²) in [4.78, 5) is 32.2. The van der Waals surface area contributed by atoms with E-state index in [1.54, 1.807) is 85.8 Å². The van der Waals surface area contributed by atoms with Crippen LogP contribution in [0.5, 0.6) is 5.75 Å². The van der Waals surface area contributed by atoms with Gasteiger partial charge in [-0.15, -0.1) is 0 Å². The molecule has 56 heavy (non-hydrogen) atoms. The second-order valence-electron chi connectivity index (χ2n) is 13.6. The van der Waals surface area contributed by atoms with Crippen molar-refractivity contribution in [2.24, 2.45) is 0 Å². The minimum Gasteiger partial charge on any atom is -0.497 e. The molecule has 5 aromatic rings. The molecule has 8 nitrogen and oxygen atoms in total. The van der Waals surface area contributed by atoms with Crippen LogP contribution in [0.2, 0.25) is 0 Å². The van der Waals surface area contributed by atoms with E-state index in [9.17, 15) is 8.78 Å². The molecular formula is C41H35F2N3O5S5. The van der Waals surface area contributed by atoms with Gasteiger partial charge in [0, 0.05) is 25.0 Å². The standard InChI is InChI=1S/C41H35F2N3O5S5/c1-44-37(54-52-24-27-12-18-30(42)19-13-27)36(47)45-38-40(29-16-22-32(51-2)23-17-29,26-41(45,39(44)48)55-53-25-28-14-20-31(43)21-15-28)34-10-6-7-11-35(34)46(38)56(49,50)33-8-4-3-5-9-33/h3-23,37-38H,24-26H2,1-2H3/t37-,38-,40-,41-/m0/s1. The Kier molecular flexibility index (Phi) is 10.6. The number of anilines is 1. The molecule has 0 bridgehead atoms. The van der Waals surface area contributed by atoms with Crippen LogP contribution in [0.3, 0.4) is 0 Å². The van der Waals surface area contributed by atoms with Crippen LogP contribution < -0.4 is 9.04 Å². The minimum atomic E-state index is -4.34. The summed E-state index contributed by atoms with van der Waals surface area (Å²) in [5.74, 6) is -0.0605. The number of fused-ring (bicyclic) bond motifs is 5. The van der Waals surface area contributed by atoms with Gasteiger partial charge in [-0.3, -0.25) is 14.5 Å². The van der Waals surface area contributed by atoms with E-state index in [0.717, 1.165) is 16.7 Å². The number of methoxy groups -OCH3 is 1. The van der Waals surface area contributed by atoms with E-state index in [-0.39, 0.29) is 28.9 Å². The normalized spacial score (nSPS) is 22.9. The molecule has 2 amide bonds. The Morgan fingerprint density at radius 3 is 1.98 bits per heavy atom. The third-order valence-corrected chi connectivity index (χ3v) is 17.7. The number of hydrogen-bond donors (Lipinski definition) is 0. The summed E-state index contributed by atoms with van der Waals surface area (Å²) in [5.41, 5.74) is 2.27. The Morgan fingerprint density at radius 1 is 0.768 bits per heavy atom. The first kappa shape index (κ1) is 38.7. The Morgan fingerprint density at radius 2 is 1.36 bits per heavy atom. The van der Waals surface area contributed by atoms with Crippen LogP contribution in [0.1, 0.15) is 28.7 Å². The summed E-state index contributed by atoms with van der Waals surface area (Å²) in [6, 6.07) is 34.9. The number of carbonyl (C=O) groups is 2. The molecule has 15 heteroatoms. The third-order valence-electron chi connectivity index (χ3n) is 10.4. The molecule has 2 saturated heterocycles. The second-order valence-corrected chi connectivity index (χ2v) is 20.4. The molecule has 0 spiro atoms. The van der Waals surface area contributed by atoms with Crippen molar-refractivity contribution in [1.82, 2.24) is 9.80 Å². The average molecular weight is 848 g/mol. The Balaban J connectivity index is 1.30. The molecule has 3 heterocycles. The number of halogens is 2. The van der Waals surface area contributed by atoms with E-state index in [1.165, 1.54) is 88.8 Å². The number of para-hydroxylation sites is 1. The highest BCUT2D eigenvalue weighted by molar-refractivity contribution is 8.77. The van der Waals surface area contributed by atoms with Gasteiger partial charge in [-0.05, 0) is 76.9 Å². The highest BCUT2D eigenvalue weighted by Crippen LogP contribution is 2.67. The van der Waals surface area contributed by atoms with Crippen molar-refractivity contribution < 1.29 is 31.5 Å². The van der Waals surface area contributed by atoms with E-state index in [2.05, 4.69) is 0 Å². The molecule has 5 aromatic carbocycles. The van der Waals surface area contributed by atoms with Gasteiger partial charge in [-0.2, -0.15) is 0 Å². The van der Waals surface area contributed by atoms with Crippen LogP contribution >= 0.6 is 43.2 Å². The fraction of sp³-hybridized carbons (Fsp3) is 0.220. The molecule has 8 rings (SSSR count). The van der Waals surface area contributed by atoms with Gasteiger partial charge in [-0.1, -0.05) is 116 Å². The SMILES string of the molecule is COc1ccc([C@]23C[C@]4(SSCc5ccc(F)cc5)C(=O)N(C)[C@@H](SSCc5ccc(F)cc5)C(=O)N4[C@H]2N(S(=O)(=O)c2ccccc2)c2ccccc23)cc1. The zero-order valence-electron chi connectivity index (χ0n) is 30.1. The van der Waals surface area contributed by atoms with Crippen molar-refractivity contribution in [2.45, 2.75) is 44.6 Å². The van der Waals surface area contributed by atoms with Crippen molar-refractivity contribution in [3.05, 3.63) is 161 Å². The monoisotopic (exact) mass is 847 g/mol. The summed E-state index contributed by atoms with van der Waals surface area (Å²) in [5, 5.41) is -1.01. The van der Waals surface area contributed by atoms with Crippen LogP contribution in [0, 0.1) is 11.6 Å². The molecule has 0 aromatic heterocycles. The van der Waals surface area contributed by atoms with Crippen molar-refractivity contribution in [3.63, 3.8) is 0 Å². The lowest BCUT2D eigenvalue weighted by Gasteiger charge is -2.49. The average Bonchev–Trinajstić information content (AvgIpc) is 3.68. The topological polar surface area (TPSA) is 87.2 Å². The summed E-state index contributed by atoms with van der Waals surface area (Å²) in [6.07, 6.45) is -1.13. The Hall–Kier alpha value is -4.15. The zero-order chi connectivity index (χ0) is 39.2. The number of rotatable bonds is 12. The third kappa shape index (κ3) is 6.45. The highest BCUT2D eigenvalue weighted by Gasteiger charge is 2.75. The van der Waals surface area contributed by atoms with Crippen LogP contribution in [0.15, 0.2) is 132 Å². The smallest absolute Gasteiger partial charge is 0.266 e. The second kappa shape index (κ2) is 15.3. The van der Waals surface area contributed by atoms with Crippen LogP contribution in [0.25, 0.3) is 0 Å². The molecule has 0 saturated carbocycles. The molecule has 288 valence electrons. The first-order valence-corrected chi connectivity index (χ1v) is 23.7. The molecule has 0 radical (unpaired) electrons. The van der Waals surface area contributed by atoms with Gasteiger partial charge in [-0.25, -0.2) is 21.5 Å². The molecule has 4 atom stereocenters. The van der Waals surface area contributed by atoms with Crippen LogP contribution in [-0.4, -0.2) is 60.6 Å². The maximum absolute atomic E-state index is 15.4. The first-order valence-electron chi connectivity index (χ1n) is 17.5. The number of hydrogen-bond acceptors (Lipinski definition) is 9. The number of amides is 2. The van der Waals surface area contributed by atoms with E-state index < -0.39 is 37.8 Å². The fourth-order valence-electron chi connectivity index (χ4n) is 7.83. The molecule has 0 aliphatic carbocycles. The Labute approximate surface area is 340 Å². The van der Waals surface area contributed by atoms with E-state index >= 15 is 18.0 Å². The van der Waals surface area contributed by atoms with Crippen LogP contribution in [0.4, 0.5) is 14.5 Å². The predicted molar refractivity (Wildman–Crippen MR) is 221 cm³/mol. The minimum absolute atomic E-state index is 0.0462. The molecule has 0 unspecified atom stereocenters. The van der Waals surface area contributed by atoms with Crippen molar-refractivity contribution >= 4 is 70.7 Å². The fourth-order valence-corrected chi connectivity index (χ4v) is 15.2. The van der Waals surface area contributed by atoms with Gasteiger partial charge in [0.05, 0.1) is 23.1 Å². The molecule has 3 aliphatic heterocycles. The van der Waals surface area contributed by atoms with Gasteiger partial charge in [0.1, 0.15) is 23.5 Å². The van der Waals surface area contributed by atoms with Crippen LogP contribution in [-0.2, 0) is 36.5 Å². The summed E-state index contributed by atoms with van der Waals surface area (Å²) >= 11 is 0. The molecule has 3 aliphatic rings. The van der Waals surface area contributed by atoms with Crippen molar-refractivity contribution in [1.29, 1.82) is 0 Å². The summed E-state index contributed by atoms with van der Waals surface area (Å²) in [6.45, 7) is 0. The van der Waals surface area contributed by atoms with E-state index in [4.69, 9.17) is 4.74 Å². The predicted octanol–water partition coefficient (Wildman–Crippen LogP) is 8.68. The zero-order valence-corrected chi connectivity index (χ0v) is 34.2. The lowest BCUT2D eigenvalue weighted by atomic mass is 9.72.